The topological polar surface area (TPSA) is 71.7 Å². The Balaban J connectivity index is 1.81. The number of rotatable bonds is 5. The fourth-order valence-electron chi connectivity index (χ4n) is 2.69. The van der Waals surface area contributed by atoms with Gasteiger partial charge < -0.3 is 15.2 Å². The van der Waals surface area contributed by atoms with Crippen LogP contribution < -0.4 is 10.1 Å². The predicted molar refractivity (Wildman–Crippen MR) is 98.3 cm³/mol. The molecule has 4 rings (SSSR count). The number of ether oxygens (including phenoxy) is 1. The molecule has 0 saturated carbocycles. The Labute approximate surface area is 148 Å². The molecule has 7 heteroatoms. The normalized spacial score (nSPS) is 10.9. The number of phenols is 1. The van der Waals surface area contributed by atoms with E-state index in [9.17, 15) is 5.11 Å². The molecule has 3 heterocycles. The number of benzene rings is 1. The smallest absolute Gasteiger partial charge is 0.161 e. The van der Waals surface area contributed by atoms with Gasteiger partial charge in [0.1, 0.15) is 11.5 Å². The second-order valence-corrected chi connectivity index (χ2v) is 6.47. The van der Waals surface area contributed by atoms with Gasteiger partial charge in [-0.3, -0.25) is 9.38 Å². The van der Waals surface area contributed by atoms with Gasteiger partial charge in [0, 0.05) is 22.8 Å². The number of hydrogen-bond acceptors (Lipinski definition) is 6. The van der Waals surface area contributed by atoms with Gasteiger partial charge in [-0.25, -0.2) is 4.98 Å². The first kappa shape index (κ1) is 15.5. The molecule has 0 saturated heterocycles. The van der Waals surface area contributed by atoms with Gasteiger partial charge in [0.25, 0.3) is 0 Å². The summed E-state index contributed by atoms with van der Waals surface area (Å²) in [7, 11) is 1.53. The lowest BCUT2D eigenvalue weighted by Gasteiger charge is -2.09. The SMILES string of the molecule is COc1cc(-c2nc3cnccn3c2NCc2cccs2)ccc1O. The lowest BCUT2D eigenvalue weighted by atomic mass is 10.1. The Morgan fingerprint density at radius 1 is 1.32 bits per heavy atom. The zero-order valence-corrected chi connectivity index (χ0v) is 14.3. The standard InChI is InChI=1S/C18H16N4O2S/c1-24-15-9-12(4-5-14(15)23)17-18(20-10-13-3-2-8-25-13)22-7-6-19-11-16(22)21-17/h2-9,11,20,23H,10H2,1H3. The minimum atomic E-state index is 0.102. The second kappa shape index (κ2) is 6.45. The maximum absolute atomic E-state index is 9.84. The monoisotopic (exact) mass is 352 g/mol. The van der Waals surface area contributed by atoms with E-state index in [1.165, 1.54) is 12.0 Å². The number of fused-ring (bicyclic) bond motifs is 1. The number of aromatic hydroxyl groups is 1. The van der Waals surface area contributed by atoms with E-state index in [0.717, 1.165) is 22.7 Å². The van der Waals surface area contributed by atoms with Crippen molar-refractivity contribution in [2.75, 3.05) is 12.4 Å². The molecule has 126 valence electrons. The van der Waals surface area contributed by atoms with Crippen LogP contribution in [0.1, 0.15) is 4.88 Å². The van der Waals surface area contributed by atoms with Gasteiger partial charge in [-0.2, -0.15) is 0 Å². The quantitative estimate of drug-likeness (QED) is 0.572. The number of imidazole rings is 1. The minimum absolute atomic E-state index is 0.102. The molecule has 6 nitrogen and oxygen atoms in total. The van der Waals surface area contributed by atoms with Gasteiger partial charge in [-0.05, 0) is 29.6 Å². The van der Waals surface area contributed by atoms with E-state index in [4.69, 9.17) is 9.72 Å². The van der Waals surface area contributed by atoms with Gasteiger partial charge in [-0.1, -0.05) is 6.07 Å². The highest BCUT2D eigenvalue weighted by Gasteiger charge is 2.16. The Bertz CT molecular complexity index is 1010. The molecule has 0 radical (unpaired) electrons. The molecular weight excluding hydrogens is 336 g/mol. The molecule has 1 aromatic carbocycles. The second-order valence-electron chi connectivity index (χ2n) is 5.43. The lowest BCUT2D eigenvalue weighted by Crippen LogP contribution is -2.02. The van der Waals surface area contributed by atoms with Gasteiger partial charge in [0.2, 0.25) is 0 Å². The van der Waals surface area contributed by atoms with Crippen LogP contribution in [-0.2, 0) is 6.54 Å². The summed E-state index contributed by atoms with van der Waals surface area (Å²) in [6.45, 7) is 0.704. The molecule has 0 spiro atoms. The first-order chi connectivity index (χ1) is 12.3. The molecule has 25 heavy (non-hydrogen) atoms. The molecule has 0 aliphatic rings. The van der Waals surface area contributed by atoms with Gasteiger partial charge in [0.05, 0.1) is 19.9 Å². The molecule has 0 bridgehead atoms. The third kappa shape index (κ3) is 2.89. The highest BCUT2D eigenvalue weighted by atomic mass is 32.1. The van der Waals surface area contributed by atoms with E-state index >= 15 is 0 Å². The van der Waals surface area contributed by atoms with Crippen LogP contribution in [-0.4, -0.2) is 26.6 Å². The summed E-state index contributed by atoms with van der Waals surface area (Å²) in [5.41, 5.74) is 2.38. The van der Waals surface area contributed by atoms with Crippen LogP contribution in [0.4, 0.5) is 5.82 Å². The summed E-state index contributed by atoms with van der Waals surface area (Å²) < 4.78 is 7.19. The van der Waals surface area contributed by atoms with E-state index in [0.29, 0.717) is 12.3 Å². The van der Waals surface area contributed by atoms with Crippen LogP contribution in [0.5, 0.6) is 11.5 Å². The van der Waals surface area contributed by atoms with Crippen molar-refractivity contribution in [3.8, 4) is 22.8 Å². The summed E-state index contributed by atoms with van der Waals surface area (Å²) >= 11 is 1.70. The van der Waals surface area contributed by atoms with E-state index in [1.807, 2.05) is 22.7 Å². The van der Waals surface area contributed by atoms with Crippen LogP contribution >= 0.6 is 11.3 Å². The van der Waals surface area contributed by atoms with Crippen molar-refractivity contribution in [3.63, 3.8) is 0 Å². The summed E-state index contributed by atoms with van der Waals surface area (Å²) in [4.78, 5) is 10.1. The van der Waals surface area contributed by atoms with E-state index in [2.05, 4.69) is 21.7 Å². The van der Waals surface area contributed by atoms with Crippen LogP contribution in [0.3, 0.4) is 0 Å². The Morgan fingerprint density at radius 2 is 2.24 bits per heavy atom. The predicted octanol–water partition coefficient (Wildman–Crippen LogP) is 3.78. The highest BCUT2D eigenvalue weighted by Crippen LogP contribution is 2.35. The summed E-state index contributed by atoms with van der Waals surface area (Å²) in [5.74, 6) is 1.39. The van der Waals surface area contributed by atoms with E-state index in [-0.39, 0.29) is 5.75 Å². The number of anilines is 1. The maximum Gasteiger partial charge on any atom is 0.161 e. The first-order valence-electron chi connectivity index (χ1n) is 7.72. The average Bonchev–Trinajstić information content (AvgIpc) is 3.28. The van der Waals surface area contributed by atoms with Gasteiger partial charge in [-0.15, -0.1) is 11.3 Å². The Kier molecular flexibility index (Phi) is 3.99. The molecule has 0 unspecified atom stereocenters. The molecular formula is C18H16N4O2S. The van der Waals surface area contributed by atoms with Crippen LogP contribution in [0.2, 0.25) is 0 Å². The van der Waals surface area contributed by atoms with E-state index < -0.39 is 0 Å². The molecule has 0 aliphatic carbocycles. The fraction of sp³-hybridized carbons (Fsp3) is 0.111. The number of hydrogen-bond donors (Lipinski definition) is 2. The van der Waals surface area contributed by atoms with Crippen LogP contribution in [0.15, 0.2) is 54.3 Å². The molecule has 0 aliphatic heterocycles. The molecule has 2 N–H and O–H groups in total. The molecule has 0 atom stereocenters. The van der Waals surface area contributed by atoms with Gasteiger partial charge >= 0.3 is 0 Å². The molecule has 0 amide bonds. The van der Waals surface area contributed by atoms with Crippen molar-refractivity contribution in [1.82, 2.24) is 14.4 Å². The molecule has 3 aromatic heterocycles. The zero-order chi connectivity index (χ0) is 17.2. The minimum Gasteiger partial charge on any atom is -0.504 e. The number of nitrogens with zero attached hydrogens (tertiary/aromatic N) is 3. The summed E-state index contributed by atoms with van der Waals surface area (Å²) in [6.07, 6.45) is 5.32. The van der Waals surface area contributed by atoms with Crippen LogP contribution in [0, 0.1) is 0 Å². The van der Waals surface area contributed by atoms with Gasteiger partial charge in [0.15, 0.2) is 17.1 Å². The number of methoxy groups -OCH3 is 1. The lowest BCUT2D eigenvalue weighted by molar-refractivity contribution is 0.373. The largest absolute Gasteiger partial charge is 0.504 e. The number of phenolic OH excluding ortho intramolecular Hbond substituents is 1. The van der Waals surface area contributed by atoms with Crippen molar-refractivity contribution in [2.45, 2.75) is 6.54 Å². The Morgan fingerprint density at radius 3 is 3.04 bits per heavy atom. The number of aromatic nitrogens is 3. The third-order valence-corrected chi connectivity index (χ3v) is 4.77. The van der Waals surface area contributed by atoms with E-state index in [1.54, 1.807) is 35.9 Å². The fourth-order valence-corrected chi connectivity index (χ4v) is 3.33. The van der Waals surface area contributed by atoms with Crippen molar-refractivity contribution in [2.24, 2.45) is 0 Å². The average molecular weight is 352 g/mol. The summed E-state index contributed by atoms with van der Waals surface area (Å²) in [5, 5.41) is 15.4. The summed E-state index contributed by atoms with van der Waals surface area (Å²) in [6, 6.07) is 9.33. The third-order valence-electron chi connectivity index (χ3n) is 3.89. The molecule has 4 aromatic rings. The first-order valence-corrected chi connectivity index (χ1v) is 8.60. The van der Waals surface area contributed by atoms with Crippen molar-refractivity contribution in [1.29, 1.82) is 0 Å². The van der Waals surface area contributed by atoms with Crippen molar-refractivity contribution in [3.05, 3.63) is 59.2 Å². The zero-order valence-electron chi connectivity index (χ0n) is 13.5. The number of nitrogens with one attached hydrogen (secondary N) is 1. The van der Waals surface area contributed by atoms with Crippen molar-refractivity contribution >= 4 is 22.8 Å². The highest BCUT2D eigenvalue weighted by molar-refractivity contribution is 7.09. The van der Waals surface area contributed by atoms with Crippen LogP contribution in [0.25, 0.3) is 16.9 Å². The van der Waals surface area contributed by atoms with Crippen molar-refractivity contribution < 1.29 is 9.84 Å². The Hall–Kier alpha value is -3.06. The molecule has 0 fully saturated rings. The number of thiophene rings is 1. The maximum atomic E-state index is 9.84.